The Morgan fingerprint density at radius 1 is 1.27 bits per heavy atom. The van der Waals surface area contributed by atoms with Crippen molar-refractivity contribution in [3.05, 3.63) is 0 Å². The van der Waals surface area contributed by atoms with Gasteiger partial charge in [-0.1, -0.05) is 0 Å². The van der Waals surface area contributed by atoms with Gasteiger partial charge in [0.15, 0.2) is 0 Å². The molecular weight excluding hydrogens is 142 g/mol. The fraction of sp³-hybridized carbons (Fsp3) is 0.857. The van der Waals surface area contributed by atoms with Crippen molar-refractivity contribution >= 4 is 6.03 Å². The number of carbonyl (C=O) groups is 1. The summed E-state index contributed by atoms with van der Waals surface area (Å²) in [5, 5.41) is 0. The van der Waals surface area contributed by atoms with Crippen molar-refractivity contribution in [2.24, 2.45) is 5.73 Å². The van der Waals surface area contributed by atoms with Crippen LogP contribution in [0.3, 0.4) is 0 Å². The monoisotopic (exact) mass is 160 g/mol. The maximum Gasteiger partial charge on any atom is 0.356 e. The third-order valence-electron chi connectivity index (χ3n) is 2.16. The van der Waals surface area contributed by atoms with E-state index in [4.69, 9.17) is 5.73 Å². The number of nitrogens with zero attached hydrogens (tertiary/aromatic N) is 1. The van der Waals surface area contributed by atoms with Crippen molar-refractivity contribution in [3.63, 3.8) is 0 Å². The van der Waals surface area contributed by atoms with Crippen LogP contribution in [-0.2, 0) is 0 Å². The molecule has 0 saturated carbocycles. The Balaban J connectivity index is 4.16. The fourth-order valence-electron chi connectivity index (χ4n) is 1.14. The molecule has 0 aromatic carbocycles. The molecule has 0 aromatic heterocycles. The molecule has 0 aliphatic heterocycles. The molecule has 66 valence electrons. The van der Waals surface area contributed by atoms with Crippen LogP contribution in [0.5, 0.6) is 0 Å². The van der Waals surface area contributed by atoms with Crippen LogP contribution in [0.1, 0.15) is 20.8 Å². The Bertz CT molecular complexity index is 123. The number of amides is 2. The van der Waals surface area contributed by atoms with Gasteiger partial charge in [0.1, 0.15) is 0 Å². The van der Waals surface area contributed by atoms with E-state index in [9.17, 15) is 4.79 Å². The van der Waals surface area contributed by atoms with Gasteiger partial charge in [-0.15, -0.1) is 0 Å². The van der Waals surface area contributed by atoms with Crippen molar-refractivity contribution in [1.82, 2.24) is 5.43 Å². The zero-order chi connectivity index (χ0) is 8.91. The molecule has 0 aliphatic carbocycles. The van der Waals surface area contributed by atoms with Crippen molar-refractivity contribution in [3.8, 4) is 0 Å². The molecule has 4 heteroatoms. The maximum atomic E-state index is 10.6. The van der Waals surface area contributed by atoms with Gasteiger partial charge in [-0.25, -0.2) is 9.39 Å². The van der Waals surface area contributed by atoms with Gasteiger partial charge in [0.2, 0.25) is 0 Å². The first-order valence-electron chi connectivity index (χ1n) is 4.04. The molecule has 0 aliphatic rings. The van der Waals surface area contributed by atoms with Crippen LogP contribution >= 0.6 is 0 Å². The smallest absolute Gasteiger partial charge is 0.348 e. The summed E-state index contributed by atoms with van der Waals surface area (Å²) in [6, 6.07) is -0.449. The molecule has 0 rings (SSSR count). The number of hydrogen-bond acceptors (Lipinski definition) is 1. The van der Waals surface area contributed by atoms with Gasteiger partial charge >= 0.3 is 6.03 Å². The van der Waals surface area contributed by atoms with E-state index in [-0.39, 0.29) is 0 Å². The number of rotatable bonds is 4. The third-order valence-corrected chi connectivity index (χ3v) is 2.16. The van der Waals surface area contributed by atoms with E-state index < -0.39 is 6.03 Å². The highest BCUT2D eigenvalue weighted by Gasteiger charge is 2.22. The summed E-state index contributed by atoms with van der Waals surface area (Å²) in [6.07, 6.45) is 0. The lowest BCUT2D eigenvalue weighted by molar-refractivity contribution is -0.956. The molecular formula is C7H18N3O+. The molecule has 0 saturated heterocycles. The molecule has 0 aromatic rings. The van der Waals surface area contributed by atoms with Crippen molar-refractivity contribution in [1.29, 1.82) is 0 Å². The molecule has 4 nitrogen and oxygen atoms in total. The second kappa shape index (κ2) is 4.18. The number of primary amides is 1. The SMILES string of the molecule is CC[N+](CC)(CC)NC(N)=O. The van der Waals surface area contributed by atoms with Crippen molar-refractivity contribution in [2.75, 3.05) is 19.6 Å². The lowest BCUT2D eigenvalue weighted by Crippen LogP contribution is -2.61. The molecule has 3 N–H and O–H groups in total. The second-order valence-corrected chi connectivity index (χ2v) is 2.57. The maximum absolute atomic E-state index is 10.6. The first-order chi connectivity index (χ1) is 5.10. The van der Waals surface area contributed by atoms with E-state index in [1.807, 2.05) is 20.8 Å². The average Bonchev–Trinajstić information content (AvgIpc) is 2.00. The number of nitrogens with one attached hydrogen (secondary N) is 1. The van der Waals surface area contributed by atoms with Gasteiger partial charge in [0.25, 0.3) is 0 Å². The van der Waals surface area contributed by atoms with Crippen LogP contribution in [0.2, 0.25) is 0 Å². The van der Waals surface area contributed by atoms with Crippen LogP contribution in [0.25, 0.3) is 0 Å². The number of carbonyl (C=O) groups excluding carboxylic acids is 1. The first kappa shape index (κ1) is 10.2. The molecule has 0 spiro atoms. The predicted molar refractivity (Wildman–Crippen MR) is 44.6 cm³/mol. The van der Waals surface area contributed by atoms with Gasteiger partial charge in [0, 0.05) is 0 Å². The zero-order valence-electron chi connectivity index (χ0n) is 7.55. The molecule has 2 amide bonds. The highest BCUT2D eigenvalue weighted by Crippen LogP contribution is 1.98. The van der Waals surface area contributed by atoms with Gasteiger partial charge in [-0.2, -0.15) is 5.43 Å². The van der Waals surface area contributed by atoms with Crippen LogP contribution in [-0.4, -0.2) is 30.3 Å². The summed E-state index contributed by atoms with van der Waals surface area (Å²) >= 11 is 0. The van der Waals surface area contributed by atoms with E-state index in [2.05, 4.69) is 5.43 Å². The van der Waals surface area contributed by atoms with Crippen molar-refractivity contribution < 1.29 is 9.39 Å². The zero-order valence-corrected chi connectivity index (χ0v) is 7.55. The van der Waals surface area contributed by atoms with Gasteiger partial charge < -0.3 is 5.73 Å². The highest BCUT2D eigenvalue weighted by atomic mass is 16.2. The van der Waals surface area contributed by atoms with Crippen LogP contribution in [0, 0.1) is 0 Å². The summed E-state index contributed by atoms with van der Waals surface area (Å²) in [4.78, 5) is 10.6. The predicted octanol–water partition coefficient (Wildman–Crippen LogP) is 0.446. The Hall–Kier alpha value is -0.770. The van der Waals surface area contributed by atoms with Crippen LogP contribution < -0.4 is 11.2 Å². The molecule has 0 unspecified atom stereocenters. The van der Waals surface area contributed by atoms with E-state index in [1.54, 1.807) is 0 Å². The summed E-state index contributed by atoms with van der Waals surface area (Å²) < 4.78 is 0.565. The largest absolute Gasteiger partial charge is 0.356 e. The molecule has 0 atom stereocenters. The summed E-state index contributed by atoms with van der Waals surface area (Å²) in [7, 11) is 0. The third kappa shape index (κ3) is 2.76. The number of nitrogens with two attached hydrogens (primary N) is 1. The molecule has 0 bridgehead atoms. The Morgan fingerprint density at radius 3 is 1.73 bits per heavy atom. The lowest BCUT2D eigenvalue weighted by Gasteiger charge is -2.33. The lowest BCUT2D eigenvalue weighted by atomic mass is 10.4. The molecule has 11 heavy (non-hydrogen) atoms. The molecule has 0 fully saturated rings. The Kier molecular flexibility index (Phi) is 3.89. The minimum Gasteiger partial charge on any atom is -0.348 e. The molecule has 0 radical (unpaired) electrons. The highest BCUT2D eigenvalue weighted by molar-refractivity contribution is 5.70. The van der Waals surface area contributed by atoms with E-state index in [1.165, 1.54) is 0 Å². The van der Waals surface area contributed by atoms with Gasteiger partial charge in [-0.3, -0.25) is 0 Å². The first-order valence-corrected chi connectivity index (χ1v) is 4.04. The Morgan fingerprint density at radius 2 is 1.64 bits per heavy atom. The topological polar surface area (TPSA) is 55.1 Å². The quantitative estimate of drug-likeness (QED) is 0.455. The Labute approximate surface area is 67.9 Å². The number of urea groups is 1. The minimum atomic E-state index is -0.449. The summed E-state index contributed by atoms with van der Waals surface area (Å²) in [5.74, 6) is 0. The van der Waals surface area contributed by atoms with Gasteiger partial charge in [-0.05, 0) is 20.8 Å². The van der Waals surface area contributed by atoms with E-state index >= 15 is 0 Å². The molecule has 0 heterocycles. The van der Waals surface area contributed by atoms with E-state index in [0.717, 1.165) is 19.6 Å². The standard InChI is InChI=1S/C7H17N3O/c1-4-10(5-2,6-3)9-7(8)11/h4-6H2,1-3H3,(H2-,8,9,11)/p+1. The number of hydrogen-bond donors (Lipinski definition) is 2. The minimum absolute atomic E-state index is 0.449. The van der Waals surface area contributed by atoms with Gasteiger partial charge in [0.05, 0.1) is 19.6 Å². The normalized spacial score (nSPS) is 11.2. The van der Waals surface area contributed by atoms with Crippen LogP contribution in [0.15, 0.2) is 0 Å². The average molecular weight is 160 g/mol. The van der Waals surface area contributed by atoms with E-state index in [0.29, 0.717) is 4.59 Å². The second-order valence-electron chi connectivity index (χ2n) is 2.57. The van der Waals surface area contributed by atoms with Crippen LogP contribution in [0.4, 0.5) is 4.79 Å². The van der Waals surface area contributed by atoms with Crippen molar-refractivity contribution in [2.45, 2.75) is 20.8 Å². The summed E-state index contributed by atoms with van der Waals surface area (Å²) in [5.41, 5.74) is 7.76. The number of quaternary nitrogens is 1. The fourth-order valence-corrected chi connectivity index (χ4v) is 1.14. The summed E-state index contributed by atoms with van der Waals surface area (Å²) in [6.45, 7) is 8.70.